The largest absolute Gasteiger partial charge is 0.368 e. The van der Waals surface area contributed by atoms with Crippen molar-refractivity contribution in [3.05, 3.63) is 42.6 Å². The smallest absolute Gasteiger partial charge is 0.229 e. The maximum absolute atomic E-state index is 11.2. The molecular formula is C14H13N5O2S. The van der Waals surface area contributed by atoms with Gasteiger partial charge in [-0.15, -0.1) is 0 Å². The van der Waals surface area contributed by atoms with Gasteiger partial charge in [-0.1, -0.05) is 12.1 Å². The number of hydrogen-bond donors (Lipinski definition) is 2. The van der Waals surface area contributed by atoms with E-state index < -0.39 is 10.0 Å². The van der Waals surface area contributed by atoms with Crippen molar-refractivity contribution in [3.8, 4) is 11.3 Å². The number of nitrogens with two attached hydrogens (primary N) is 1. The third kappa shape index (κ3) is 3.12. The Morgan fingerprint density at radius 1 is 1.05 bits per heavy atom. The molecule has 3 N–H and O–H groups in total. The molecule has 112 valence electrons. The van der Waals surface area contributed by atoms with Gasteiger partial charge in [0.2, 0.25) is 16.0 Å². The summed E-state index contributed by atoms with van der Waals surface area (Å²) in [6.07, 6.45) is 2.73. The second kappa shape index (κ2) is 5.23. The Labute approximate surface area is 127 Å². The Hall–Kier alpha value is -2.74. The molecule has 0 radical (unpaired) electrons. The number of pyridine rings is 1. The number of nitrogens with zero attached hydrogens (tertiary/aromatic N) is 3. The Bertz CT molecular complexity index is 939. The molecule has 3 aromatic rings. The lowest BCUT2D eigenvalue weighted by Gasteiger charge is -2.06. The summed E-state index contributed by atoms with van der Waals surface area (Å²) in [5, 5.41) is 0.799. The van der Waals surface area contributed by atoms with E-state index in [0.29, 0.717) is 11.3 Å². The van der Waals surface area contributed by atoms with E-state index in [1.807, 2.05) is 12.1 Å². The van der Waals surface area contributed by atoms with E-state index in [4.69, 9.17) is 5.73 Å². The van der Waals surface area contributed by atoms with Crippen LogP contribution < -0.4 is 10.5 Å². The van der Waals surface area contributed by atoms with Crippen LogP contribution in [-0.4, -0.2) is 29.6 Å². The first-order valence-electron chi connectivity index (χ1n) is 6.38. The first-order chi connectivity index (χ1) is 10.4. The Morgan fingerprint density at radius 2 is 1.77 bits per heavy atom. The van der Waals surface area contributed by atoms with Crippen molar-refractivity contribution in [2.24, 2.45) is 0 Å². The van der Waals surface area contributed by atoms with Gasteiger partial charge in [0.05, 0.1) is 11.9 Å². The van der Waals surface area contributed by atoms with Crippen LogP contribution in [0, 0.1) is 0 Å². The van der Waals surface area contributed by atoms with E-state index in [2.05, 4.69) is 19.7 Å². The zero-order valence-electron chi connectivity index (χ0n) is 11.7. The molecule has 0 aliphatic carbocycles. The molecule has 0 aliphatic heterocycles. The Balaban J connectivity index is 1.97. The van der Waals surface area contributed by atoms with Crippen molar-refractivity contribution >= 4 is 32.7 Å². The van der Waals surface area contributed by atoms with Gasteiger partial charge in [0.1, 0.15) is 0 Å². The van der Waals surface area contributed by atoms with E-state index in [9.17, 15) is 8.42 Å². The number of sulfonamides is 1. The molecule has 0 saturated heterocycles. The van der Waals surface area contributed by atoms with Crippen LogP contribution >= 0.6 is 0 Å². The van der Waals surface area contributed by atoms with Crippen molar-refractivity contribution in [2.75, 3.05) is 16.7 Å². The van der Waals surface area contributed by atoms with Crippen LogP contribution in [0.4, 0.5) is 11.6 Å². The van der Waals surface area contributed by atoms with E-state index >= 15 is 0 Å². The monoisotopic (exact) mass is 315 g/mol. The van der Waals surface area contributed by atoms with Gasteiger partial charge < -0.3 is 5.73 Å². The van der Waals surface area contributed by atoms with Crippen LogP contribution in [-0.2, 0) is 10.0 Å². The van der Waals surface area contributed by atoms with E-state index in [-0.39, 0.29) is 5.95 Å². The number of hydrogen-bond acceptors (Lipinski definition) is 6. The van der Waals surface area contributed by atoms with E-state index in [1.165, 1.54) is 0 Å². The molecule has 0 saturated carbocycles. The zero-order valence-corrected chi connectivity index (χ0v) is 12.5. The van der Waals surface area contributed by atoms with Crippen molar-refractivity contribution in [3.63, 3.8) is 0 Å². The van der Waals surface area contributed by atoms with Gasteiger partial charge in [0.25, 0.3) is 0 Å². The van der Waals surface area contributed by atoms with Gasteiger partial charge in [-0.2, -0.15) is 4.98 Å². The summed E-state index contributed by atoms with van der Waals surface area (Å²) in [4.78, 5) is 12.4. The number of nitrogens with one attached hydrogen (secondary N) is 1. The second-order valence-corrected chi connectivity index (χ2v) is 6.54. The molecule has 1 aromatic carbocycles. The molecule has 0 atom stereocenters. The fourth-order valence-corrected chi connectivity index (χ4v) is 2.57. The minimum Gasteiger partial charge on any atom is -0.368 e. The number of aromatic nitrogens is 3. The van der Waals surface area contributed by atoms with Crippen molar-refractivity contribution in [1.82, 2.24) is 15.0 Å². The zero-order chi connectivity index (χ0) is 15.7. The molecular weight excluding hydrogens is 302 g/mol. The fourth-order valence-electron chi connectivity index (χ4n) is 2.01. The summed E-state index contributed by atoms with van der Waals surface area (Å²) in [6.45, 7) is 0. The standard InChI is InChI=1S/C14H13N5O2S/c1-22(20,21)19-11-5-2-9(3-6-11)12-7-4-10-8-16-14(15)18-13(10)17-12/h2-8,19H,1H3,(H2,15,16,17,18). The Morgan fingerprint density at radius 3 is 2.45 bits per heavy atom. The molecule has 0 fully saturated rings. The molecule has 0 unspecified atom stereocenters. The molecule has 0 bridgehead atoms. The summed E-state index contributed by atoms with van der Waals surface area (Å²) >= 11 is 0. The number of nitrogen functional groups attached to an aromatic ring is 1. The normalized spacial score (nSPS) is 11.5. The van der Waals surface area contributed by atoms with Crippen molar-refractivity contribution < 1.29 is 8.42 Å². The molecule has 2 heterocycles. The minimum absolute atomic E-state index is 0.171. The molecule has 8 heteroatoms. The van der Waals surface area contributed by atoms with Gasteiger partial charge in [0.15, 0.2) is 5.65 Å². The first-order valence-corrected chi connectivity index (χ1v) is 8.27. The average molecular weight is 315 g/mol. The Kier molecular flexibility index (Phi) is 3.38. The predicted octanol–water partition coefficient (Wildman–Crippen LogP) is 1.65. The van der Waals surface area contributed by atoms with Gasteiger partial charge >= 0.3 is 0 Å². The number of rotatable bonds is 3. The van der Waals surface area contributed by atoms with Crippen LogP contribution in [0.5, 0.6) is 0 Å². The second-order valence-electron chi connectivity index (χ2n) is 4.79. The quantitative estimate of drug-likeness (QED) is 0.760. The summed E-state index contributed by atoms with van der Waals surface area (Å²) in [6, 6.07) is 10.6. The lowest BCUT2D eigenvalue weighted by molar-refractivity contribution is 0.607. The highest BCUT2D eigenvalue weighted by molar-refractivity contribution is 7.92. The molecule has 0 aliphatic rings. The maximum Gasteiger partial charge on any atom is 0.229 e. The number of fused-ring (bicyclic) bond motifs is 1. The van der Waals surface area contributed by atoms with E-state index in [0.717, 1.165) is 22.9 Å². The van der Waals surface area contributed by atoms with Gasteiger partial charge in [0, 0.05) is 22.8 Å². The van der Waals surface area contributed by atoms with Crippen LogP contribution in [0.3, 0.4) is 0 Å². The lowest BCUT2D eigenvalue weighted by Crippen LogP contribution is -2.09. The highest BCUT2D eigenvalue weighted by atomic mass is 32.2. The maximum atomic E-state index is 11.2. The SMILES string of the molecule is CS(=O)(=O)Nc1ccc(-c2ccc3cnc(N)nc3n2)cc1. The number of anilines is 2. The lowest BCUT2D eigenvalue weighted by atomic mass is 10.1. The summed E-state index contributed by atoms with van der Waals surface area (Å²) in [5.41, 5.74) is 8.14. The highest BCUT2D eigenvalue weighted by Gasteiger charge is 2.05. The van der Waals surface area contributed by atoms with Crippen LogP contribution in [0.15, 0.2) is 42.6 Å². The number of benzene rings is 1. The summed E-state index contributed by atoms with van der Waals surface area (Å²) in [5.74, 6) is 0.171. The minimum atomic E-state index is -3.28. The molecule has 2 aromatic heterocycles. The van der Waals surface area contributed by atoms with Gasteiger partial charge in [-0.3, -0.25) is 4.72 Å². The fraction of sp³-hybridized carbons (Fsp3) is 0.0714. The molecule has 0 amide bonds. The predicted molar refractivity (Wildman–Crippen MR) is 85.6 cm³/mol. The van der Waals surface area contributed by atoms with E-state index in [1.54, 1.807) is 30.5 Å². The van der Waals surface area contributed by atoms with Crippen molar-refractivity contribution in [1.29, 1.82) is 0 Å². The molecule has 0 spiro atoms. The van der Waals surface area contributed by atoms with Gasteiger partial charge in [-0.25, -0.2) is 18.4 Å². The van der Waals surface area contributed by atoms with Crippen LogP contribution in [0.1, 0.15) is 0 Å². The molecule has 3 rings (SSSR count). The summed E-state index contributed by atoms with van der Waals surface area (Å²) in [7, 11) is -3.28. The third-order valence-electron chi connectivity index (χ3n) is 2.95. The first kappa shape index (κ1) is 14.2. The average Bonchev–Trinajstić information content (AvgIpc) is 2.45. The topological polar surface area (TPSA) is 111 Å². The van der Waals surface area contributed by atoms with Gasteiger partial charge in [-0.05, 0) is 24.3 Å². The molecule has 22 heavy (non-hydrogen) atoms. The molecule has 7 nitrogen and oxygen atoms in total. The van der Waals surface area contributed by atoms with Crippen LogP contribution in [0.25, 0.3) is 22.3 Å². The van der Waals surface area contributed by atoms with Crippen molar-refractivity contribution in [2.45, 2.75) is 0 Å². The summed E-state index contributed by atoms with van der Waals surface area (Å²) < 4.78 is 24.8. The third-order valence-corrected chi connectivity index (χ3v) is 3.55. The highest BCUT2D eigenvalue weighted by Crippen LogP contribution is 2.22. The van der Waals surface area contributed by atoms with Crippen LogP contribution in [0.2, 0.25) is 0 Å².